The van der Waals surface area contributed by atoms with Crippen LogP contribution in [0.3, 0.4) is 0 Å². The Labute approximate surface area is 136 Å². The van der Waals surface area contributed by atoms with Gasteiger partial charge in [-0.15, -0.1) is 0 Å². The number of amides is 2. The second-order valence-corrected chi connectivity index (χ2v) is 5.75. The molecule has 6 nitrogen and oxygen atoms in total. The van der Waals surface area contributed by atoms with Gasteiger partial charge in [-0.25, -0.2) is 10.2 Å². The molecule has 1 aliphatic rings. The fourth-order valence-electron chi connectivity index (χ4n) is 2.57. The van der Waals surface area contributed by atoms with Crippen molar-refractivity contribution < 1.29 is 14.6 Å². The minimum absolute atomic E-state index is 0.0665. The predicted molar refractivity (Wildman–Crippen MR) is 90.0 cm³/mol. The van der Waals surface area contributed by atoms with E-state index in [1.165, 1.54) is 12.6 Å². The van der Waals surface area contributed by atoms with Crippen LogP contribution in [0.4, 0.5) is 4.79 Å². The minimum Gasteiger partial charge on any atom is -0.507 e. The molecule has 0 aliphatic heterocycles. The van der Waals surface area contributed by atoms with Crippen LogP contribution in [-0.2, 0) is 0 Å². The zero-order valence-electron chi connectivity index (χ0n) is 13.5. The molecule has 1 saturated carbocycles. The number of hydrogen-bond donors (Lipinski definition) is 3. The number of hydrogen-bond acceptors (Lipinski definition) is 4. The van der Waals surface area contributed by atoms with E-state index in [2.05, 4.69) is 15.8 Å². The van der Waals surface area contributed by atoms with Crippen LogP contribution in [0.15, 0.2) is 23.3 Å². The van der Waals surface area contributed by atoms with E-state index in [1.807, 2.05) is 6.92 Å². The van der Waals surface area contributed by atoms with E-state index >= 15 is 0 Å². The summed E-state index contributed by atoms with van der Waals surface area (Å²) in [6.07, 6.45) is 7.94. The first-order valence-corrected chi connectivity index (χ1v) is 8.24. The summed E-state index contributed by atoms with van der Waals surface area (Å²) in [5.74, 6) is 0.682. The molecule has 1 aliphatic carbocycles. The van der Waals surface area contributed by atoms with Gasteiger partial charge in [0.05, 0.1) is 12.8 Å². The summed E-state index contributed by atoms with van der Waals surface area (Å²) < 4.78 is 5.43. The van der Waals surface area contributed by atoms with E-state index < -0.39 is 0 Å². The van der Waals surface area contributed by atoms with Gasteiger partial charge < -0.3 is 15.2 Å². The average molecular weight is 319 g/mol. The first kappa shape index (κ1) is 17.1. The summed E-state index contributed by atoms with van der Waals surface area (Å²) >= 11 is 0. The summed E-state index contributed by atoms with van der Waals surface area (Å²) in [4.78, 5) is 11.7. The number of phenols is 1. The van der Waals surface area contributed by atoms with E-state index in [0.717, 1.165) is 32.1 Å². The predicted octanol–water partition coefficient (Wildman–Crippen LogP) is 3.15. The topological polar surface area (TPSA) is 83.0 Å². The number of carbonyl (C=O) groups is 1. The van der Waals surface area contributed by atoms with Gasteiger partial charge in [-0.05, 0) is 31.4 Å². The number of hydrazone groups is 1. The standard InChI is InChI=1S/C17H25N3O3/c1-2-10-23-15-9-8-13(16(21)11-15)12-18-20-17(22)19-14-6-4-3-5-7-14/h8-9,11-12,14,21H,2-7,10H2,1H3,(H2,19,20,22). The quantitative estimate of drug-likeness (QED) is 0.556. The molecule has 6 heteroatoms. The van der Waals surface area contributed by atoms with Gasteiger partial charge in [0, 0.05) is 17.7 Å². The van der Waals surface area contributed by atoms with Gasteiger partial charge >= 0.3 is 6.03 Å². The van der Waals surface area contributed by atoms with Crippen LogP contribution in [0.2, 0.25) is 0 Å². The fourth-order valence-corrected chi connectivity index (χ4v) is 2.57. The molecule has 1 aromatic carbocycles. The molecular formula is C17H25N3O3. The van der Waals surface area contributed by atoms with Crippen molar-refractivity contribution in [1.82, 2.24) is 10.7 Å². The Morgan fingerprint density at radius 3 is 2.87 bits per heavy atom. The van der Waals surface area contributed by atoms with Crippen LogP contribution in [0.1, 0.15) is 51.0 Å². The van der Waals surface area contributed by atoms with Crippen molar-refractivity contribution in [2.45, 2.75) is 51.5 Å². The zero-order chi connectivity index (χ0) is 16.5. The van der Waals surface area contributed by atoms with E-state index in [0.29, 0.717) is 17.9 Å². The Morgan fingerprint density at radius 1 is 1.39 bits per heavy atom. The Balaban J connectivity index is 1.81. The lowest BCUT2D eigenvalue weighted by molar-refractivity contribution is 0.233. The molecule has 126 valence electrons. The maximum atomic E-state index is 11.7. The number of carbonyl (C=O) groups excluding carboxylic acids is 1. The zero-order valence-corrected chi connectivity index (χ0v) is 13.5. The van der Waals surface area contributed by atoms with E-state index in [4.69, 9.17) is 4.74 Å². The number of nitrogens with zero attached hydrogens (tertiary/aromatic N) is 1. The molecule has 1 aromatic rings. The molecule has 0 heterocycles. The summed E-state index contributed by atoms with van der Waals surface area (Å²) in [6, 6.07) is 4.93. The Kier molecular flexibility index (Phi) is 6.72. The highest BCUT2D eigenvalue weighted by Crippen LogP contribution is 2.22. The highest BCUT2D eigenvalue weighted by molar-refractivity contribution is 5.85. The number of benzene rings is 1. The molecule has 3 N–H and O–H groups in total. The summed E-state index contributed by atoms with van der Waals surface area (Å²) in [7, 11) is 0. The Bertz CT molecular complexity index is 540. The molecular weight excluding hydrogens is 294 g/mol. The molecule has 0 bridgehead atoms. The van der Waals surface area contributed by atoms with Crippen molar-refractivity contribution in [1.29, 1.82) is 0 Å². The van der Waals surface area contributed by atoms with Gasteiger partial charge in [-0.1, -0.05) is 26.2 Å². The third-order valence-corrected chi connectivity index (χ3v) is 3.78. The third-order valence-electron chi connectivity index (χ3n) is 3.78. The largest absolute Gasteiger partial charge is 0.507 e. The molecule has 0 atom stereocenters. The first-order chi connectivity index (χ1) is 11.2. The summed E-state index contributed by atoms with van der Waals surface area (Å²) in [6.45, 7) is 2.63. The van der Waals surface area contributed by atoms with Crippen LogP contribution in [0.25, 0.3) is 0 Å². The number of nitrogens with one attached hydrogen (secondary N) is 2. The van der Waals surface area contributed by atoms with Crippen molar-refractivity contribution in [2.75, 3.05) is 6.61 Å². The Hall–Kier alpha value is -2.24. The van der Waals surface area contributed by atoms with Crippen molar-refractivity contribution in [3.05, 3.63) is 23.8 Å². The summed E-state index contributed by atoms with van der Waals surface area (Å²) in [5.41, 5.74) is 2.95. The van der Waals surface area contributed by atoms with Crippen molar-refractivity contribution >= 4 is 12.2 Å². The fraction of sp³-hybridized carbons (Fsp3) is 0.529. The number of aromatic hydroxyl groups is 1. The van der Waals surface area contributed by atoms with Gasteiger partial charge in [0.1, 0.15) is 11.5 Å². The lowest BCUT2D eigenvalue weighted by Crippen LogP contribution is -2.41. The molecule has 2 rings (SSSR count). The lowest BCUT2D eigenvalue weighted by Gasteiger charge is -2.22. The number of phenolic OH excluding ortho intramolecular Hbond substituents is 1. The lowest BCUT2D eigenvalue weighted by atomic mass is 9.96. The van der Waals surface area contributed by atoms with Gasteiger partial charge in [0.2, 0.25) is 0 Å². The molecule has 2 amide bonds. The van der Waals surface area contributed by atoms with Gasteiger partial charge in [0.25, 0.3) is 0 Å². The van der Waals surface area contributed by atoms with Crippen molar-refractivity contribution in [2.24, 2.45) is 5.10 Å². The minimum atomic E-state index is -0.310. The number of urea groups is 1. The summed E-state index contributed by atoms with van der Waals surface area (Å²) in [5, 5.41) is 16.7. The van der Waals surface area contributed by atoms with Crippen LogP contribution in [0.5, 0.6) is 11.5 Å². The molecule has 0 aromatic heterocycles. The highest BCUT2D eigenvalue weighted by Gasteiger charge is 2.14. The molecule has 0 spiro atoms. The SMILES string of the molecule is CCCOc1ccc(C=NNC(=O)NC2CCCCC2)c(O)c1. The van der Waals surface area contributed by atoms with Crippen molar-refractivity contribution in [3.8, 4) is 11.5 Å². The number of ether oxygens (including phenoxy) is 1. The van der Waals surface area contributed by atoms with E-state index in [9.17, 15) is 9.90 Å². The molecule has 0 saturated heterocycles. The Morgan fingerprint density at radius 2 is 2.17 bits per heavy atom. The maximum absolute atomic E-state index is 11.7. The average Bonchev–Trinajstić information content (AvgIpc) is 2.55. The van der Waals surface area contributed by atoms with Crippen LogP contribution in [0, 0.1) is 0 Å². The molecule has 23 heavy (non-hydrogen) atoms. The third kappa shape index (κ3) is 5.81. The highest BCUT2D eigenvalue weighted by atomic mass is 16.5. The second kappa shape index (κ2) is 9.02. The molecule has 1 fully saturated rings. The van der Waals surface area contributed by atoms with Gasteiger partial charge in [-0.2, -0.15) is 5.10 Å². The molecule has 0 unspecified atom stereocenters. The van der Waals surface area contributed by atoms with Crippen LogP contribution >= 0.6 is 0 Å². The van der Waals surface area contributed by atoms with Crippen LogP contribution < -0.4 is 15.5 Å². The van der Waals surface area contributed by atoms with Crippen molar-refractivity contribution in [3.63, 3.8) is 0 Å². The number of rotatable bonds is 6. The molecule has 0 radical (unpaired) electrons. The smallest absolute Gasteiger partial charge is 0.335 e. The van der Waals surface area contributed by atoms with Gasteiger partial charge in [-0.3, -0.25) is 0 Å². The van der Waals surface area contributed by atoms with Gasteiger partial charge in [0.15, 0.2) is 0 Å². The van der Waals surface area contributed by atoms with E-state index in [1.54, 1.807) is 18.2 Å². The normalized spacial score (nSPS) is 15.5. The second-order valence-electron chi connectivity index (χ2n) is 5.75. The monoisotopic (exact) mass is 319 g/mol. The maximum Gasteiger partial charge on any atom is 0.335 e. The van der Waals surface area contributed by atoms with Crippen LogP contribution in [-0.4, -0.2) is 30.0 Å². The first-order valence-electron chi connectivity index (χ1n) is 8.24. The van der Waals surface area contributed by atoms with E-state index in [-0.39, 0.29) is 17.8 Å².